The predicted octanol–water partition coefficient (Wildman–Crippen LogP) is 1.80. The fourth-order valence-electron chi connectivity index (χ4n) is 2.60. The number of nitrogens with one attached hydrogen (secondary N) is 1. The van der Waals surface area contributed by atoms with Crippen molar-refractivity contribution < 1.29 is 4.79 Å². The number of hydrogen-bond donors (Lipinski definition) is 2. The lowest BCUT2D eigenvalue weighted by atomic mass is 10.1. The van der Waals surface area contributed by atoms with Gasteiger partial charge in [0.1, 0.15) is 0 Å². The van der Waals surface area contributed by atoms with Gasteiger partial charge in [0.15, 0.2) is 0 Å². The number of likely N-dealkylation sites (tertiary alicyclic amines) is 1. The molecular weight excluding hydrogens is 250 g/mol. The van der Waals surface area contributed by atoms with Crippen LogP contribution in [0.2, 0.25) is 0 Å². The monoisotopic (exact) mass is 275 g/mol. The summed E-state index contributed by atoms with van der Waals surface area (Å²) in [6, 6.07) is 7.48. The molecule has 1 saturated heterocycles. The molecule has 4 heteroatoms. The largest absolute Gasteiger partial charge is 0.399 e. The molecule has 1 aliphatic rings. The molecule has 1 aliphatic heterocycles. The molecule has 0 aliphatic carbocycles. The molecule has 0 atom stereocenters. The molecule has 2 rings (SSSR count). The van der Waals surface area contributed by atoms with Crippen molar-refractivity contribution in [3.8, 4) is 0 Å². The molecule has 110 valence electrons. The first-order valence-corrected chi connectivity index (χ1v) is 7.57. The van der Waals surface area contributed by atoms with Crippen molar-refractivity contribution in [3.63, 3.8) is 0 Å². The van der Waals surface area contributed by atoms with Crippen LogP contribution in [-0.2, 0) is 11.2 Å². The highest BCUT2D eigenvalue weighted by Gasteiger charge is 2.09. The fourth-order valence-corrected chi connectivity index (χ4v) is 2.60. The van der Waals surface area contributed by atoms with Crippen molar-refractivity contribution in [2.75, 3.05) is 31.9 Å². The molecule has 1 fully saturated rings. The molecule has 0 saturated carbocycles. The molecule has 0 radical (unpaired) electrons. The van der Waals surface area contributed by atoms with Crippen LogP contribution >= 0.6 is 0 Å². The Labute approximate surface area is 121 Å². The highest BCUT2D eigenvalue weighted by atomic mass is 16.1. The number of benzene rings is 1. The number of piperidine rings is 1. The number of carbonyl (C=O) groups excluding carboxylic acids is 1. The van der Waals surface area contributed by atoms with Gasteiger partial charge >= 0.3 is 0 Å². The minimum absolute atomic E-state index is 0.0911. The Hall–Kier alpha value is -1.55. The second-order valence-corrected chi connectivity index (χ2v) is 5.52. The number of amides is 1. The summed E-state index contributed by atoms with van der Waals surface area (Å²) in [5.41, 5.74) is 7.36. The van der Waals surface area contributed by atoms with E-state index in [1.807, 2.05) is 24.3 Å². The third-order valence-electron chi connectivity index (χ3n) is 3.77. The van der Waals surface area contributed by atoms with E-state index >= 15 is 0 Å². The third kappa shape index (κ3) is 5.21. The van der Waals surface area contributed by atoms with E-state index < -0.39 is 0 Å². The molecule has 0 spiro atoms. The summed E-state index contributed by atoms with van der Waals surface area (Å²) < 4.78 is 0. The second kappa shape index (κ2) is 7.90. The first-order valence-electron chi connectivity index (χ1n) is 7.57. The summed E-state index contributed by atoms with van der Waals surface area (Å²) in [5, 5.41) is 2.99. The van der Waals surface area contributed by atoms with Crippen molar-refractivity contribution in [1.29, 1.82) is 0 Å². The standard InChI is InChI=1S/C16H25N3O/c17-15-7-5-14(6-8-15)13-16(20)18-9-4-12-19-10-2-1-3-11-19/h5-8H,1-4,9-13,17H2,(H,18,20). The zero-order valence-electron chi connectivity index (χ0n) is 12.1. The zero-order chi connectivity index (χ0) is 14.2. The van der Waals surface area contributed by atoms with Gasteiger partial charge in [-0.05, 0) is 56.6 Å². The van der Waals surface area contributed by atoms with Gasteiger partial charge in [0, 0.05) is 12.2 Å². The number of anilines is 1. The Morgan fingerprint density at radius 2 is 1.85 bits per heavy atom. The second-order valence-electron chi connectivity index (χ2n) is 5.52. The van der Waals surface area contributed by atoms with Gasteiger partial charge in [0.25, 0.3) is 0 Å². The van der Waals surface area contributed by atoms with Gasteiger partial charge in [-0.15, -0.1) is 0 Å². The Bertz CT molecular complexity index is 410. The van der Waals surface area contributed by atoms with Gasteiger partial charge in [0.2, 0.25) is 5.91 Å². The summed E-state index contributed by atoms with van der Waals surface area (Å²) in [5.74, 6) is 0.0911. The van der Waals surface area contributed by atoms with Crippen molar-refractivity contribution in [2.24, 2.45) is 0 Å². The van der Waals surface area contributed by atoms with Gasteiger partial charge in [-0.3, -0.25) is 4.79 Å². The van der Waals surface area contributed by atoms with Gasteiger partial charge in [-0.2, -0.15) is 0 Å². The minimum Gasteiger partial charge on any atom is -0.399 e. The lowest BCUT2D eigenvalue weighted by molar-refractivity contribution is -0.120. The van der Waals surface area contributed by atoms with Crippen LogP contribution < -0.4 is 11.1 Å². The van der Waals surface area contributed by atoms with Crippen LogP contribution in [-0.4, -0.2) is 37.0 Å². The fraction of sp³-hybridized carbons (Fsp3) is 0.562. The van der Waals surface area contributed by atoms with Crippen LogP contribution in [0.5, 0.6) is 0 Å². The average Bonchev–Trinajstić information content (AvgIpc) is 2.47. The number of nitrogens with zero attached hydrogens (tertiary/aromatic N) is 1. The summed E-state index contributed by atoms with van der Waals surface area (Å²) in [4.78, 5) is 14.3. The first-order chi connectivity index (χ1) is 9.74. The van der Waals surface area contributed by atoms with Gasteiger partial charge in [-0.25, -0.2) is 0 Å². The maximum atomic E-state index is 11.8. The number of carbonyl (C=O) groups is 1. The quantitative estimate of drug-likeness (QED) is 0.615. The molecule has 1 aromatic rings. The van der Waals surface area contributed by atoms with Crippen molar-refractivity contribution in [2.45, 2.75) is 32.1 Å². The van der Waals surface area contributed by atoms with E-state index in [0.717, 1.165) is 30.8 Å². The SMILES string of the molecule is Nc1ccc(CC(=O)NCCCN2CCCCC2)cc1. The van der Waals surface area contributed by atoms with E-state index in [9.17, 15) is 4.79 Å². The van der Waals surface area contributed by atoms with Gasteiger partial charge < -0.3 is 16.0 Å². The maximum Gasteiger partial charge on any atom is 0.224 e. The molecule has 3 N–H and O–H groups in total. The molecule has 4 nitrogen and oxygen atoms in total. The molecule has 0 unspecified atom stereocenters. The Kier molecular flexibility index (Phi) is 5.87. The Balaban J connectivity index is 1.59. The van der Waals surface area contributed by atoms with Crippen LogP contribution in [0, 0.1) is 0 Å². The maximum absolute atomic E-state index is 11.8. The number of nitrogens with two attached hydrogens (primary N) is 1. The lowest BCUT2D eigenvalue weighted by Crippen LogP contribution is -2.33. The Morgan fingerprint density at radius 3 is 2.55 bits per heavy atom. The minimum atomic E-state index is 0.0911. The smallest absolute Gasteiger partial charge is 0.224 e. The van der Waals surface area contributed by atoms with E-state index in [1.165, 1.54) is 32.4 Å². The topological polar surface area (TPSA) is 58.4 Å². The van der Waals surface area contributed by atoms with E-state index in [-0.39, 0.29) is 5.91 Å². The highest BCUT2D eigenvalue weighted by molar-refractivity contribution is 5.78. The van der Waals surface area contributed by atoms with Crippen LogP contribution in [0.1, 0.15) is 31.2 Å². The summed E-state index contributed by atoms with van der Waals surface area (Å²) >= 11 is 0. The van der Waals surface area contributed by atoms with Crippen LogP contribution in [0.3, 0.4) is 0 Å². The highest BCUT2D eigenvalue weighted by Crippen LogP contribution is 2.08. The van der Waals surface area contributed by atoms with Crippen molar-refractivity contribution in [3.05, 3.63) is 29.8 Å². The van der Waals surface area contributed by atoms with E-state index in [2.05, 4.69) is 10.2 Å². The molecule has 20 heavy (non-hydrogen) atoms. The summed E-state index contributed by atoms with van der Waals surface area (Å²) in [6.07, 6.45) is 5.49. The van der Waals surface area contributed by atoms with Crippen LogP contribution in [0.4, 0.5) is 5.69 Å². The lowest BCUT2D eigenvalue weighted by Gasteiger charge is -2.26. The molecule has 1 heterocycles. The zero-order valence-corrected chi connectivity index (χ0v) is 12.1. The van der Waals surface area contributed by atoms with Crippen LogP contribution in [0.25, 0.3) is 0 Å². The number of nitrogen functional groups attached to an aromatic ring is 1. The van der Waals surface area contributed by atoms with Crippen LogP contribution in [0.15, 0.2) is 24.3 Å². The van der Waals surface area contributed by atoms with E-state index in [4.69, 9.17) is 5.73 Å². The normalized spacial score (nSPS) is 16.0. The summed E-state index contributed by atoms with van der Waals surface area (Å²) in [7, 11) is 0. The van der Waals surface area contributed by atoms with Gasteiger partial charge in [-0.1, -0.05) is 18.6 Å². The average molecular weight is 275 g/mol. The van der Waals surface area contributed by atoms with E-state index in [0.29, 0.717) is 6.42 Å². The number of rotatable bonds is 6. The molecule has 1 aromatic carbocycles. The van der Waals surface area contributed by atoms with E-state index in [1.54, 1.807) is 0 Å². The predicted molar refractivity (Wildman–Crippen MR) is 82.5 cm³/mol. The van der Waals surface area contributed by atoms with Crippen molar-refractivity contribution >= 4 is 11.6 Å². The van der Waals surface area contributed by atoms with Gasteiger partial charge in [0.05, 0.1) is 6.42 Å². The first kappa shape index (κ1) is 14.9. The summed E-state index contributed by atoms with van der Waals surface area (Å²) in [6.45, 7) is 4.31. The number of hydrogen-bond acceptors (Lipinski definition) is 3. The van der Waals surface area contributed by atoms with Crippen molar-refractivity contribution in [1.82, 2.24) is 10.2 Å². The Morgan fingerprint density at radius 1 is 1.15 bits per heavy atom. The third-order valence-corrected chi connectivity index (χ3v) is 3.77. The molecule has 1 amide bonds. The molecular formula is C16H25N3O. The molecule has 0 aromatic heterocycles. The molecule has 0 bridgehead atoms.